The van der Waals surface area contributed by atoms with Crippen LogP contribution in [0, 0.1) is 5.92 Å². The fraction of sp³-hybridized carbons (Fsp3) is 0.522. The summed E-state index contributed by atoms with van der Waals surface area (Å²) in [6.07, 6.45) is 5.37. The number of benzene rings is 1. The van der Waals surface area contributed by atoms with Crippen LogP contribution < -0.4 is 20.9 Å². The summed E-state index contributed by atoms with van der Waals surface area (Å²) >= 11 is 0. The predicted octanol–water partition coefficient (Wildman–Crippen LogP) is 3.91. The van der Waals surface area contributed by atoms with Crippen LogP contribution in [-0.2, 0) is 11.2 Å². The average molecular weight is 413 g/mol. The van der Waals surface area contributed by atoms with Crippen LogP contribution in [0.25, 0.3) is 0 Å². The molecule has 0 bridgehead atoms. The molecular formula is C23H32N4O3. The van der Waals surface area contributed by atoms with Gasteiger partial charge in [0.1, 0.15) is 11.5 Å². The zero-order valence-electron chi connectivity index (χ0n) is 17.9. The molecule has 0 aliphatic heterocycles. The van der Waals surface area contributed by atoms with E-state index in [1.807, 2.05) is 19.1 Å². The monoisotopic (exact) mass is 412 g/mol. The molecule has 4 N–H and O–H groups in total. The molecule has 1 aromatic heterocycles. The first-order chi connectivity index (χ1) is 14.5. The van der Waals surface area contributed by atoms with E-state index in [2.05, 4.69) is 22.1 Å². The number of ether oxygens (including phenoxy) is 2. The molecule has 7 nitrogen and oxygen atoms in total. The van der Waals surface area contributed by atoms with Crippen molar-refractivity contribution in [3.63, 3.8) is 0 Å². The largest absolute Gasteiger partial charge is 0.493 e. The van der Waals surface area contributed by atoms with Crippen LogP contribution in [0.4, 0.5) is 11.8 Å². The van der Waals surface area contributed by atoms with Crippen molar-refractivity contribution in [2.24, 2.45) is 5.92 Å². The molecule has 1 aromatic carbocycles. The number of nitrogens with two attached hydrogens (primary N) is 2. The number of aryl methyl sites for hydroxylation is 1. The lowest BCUT2D eigenvalue weighted by Crippen LogP contribution is -2.19. The Labute approximate surface area is 178 Å². The van der Waals surface area contributed by atoms with Crippen LogP contribution in [0.15, 0.2) is 24.3 Å². The van der Waals surface area contributed by atoms with Crippen molar-refractivity contribution < 1.29 is 14.3 Å². The second kappa shape index (κ2) is 10.3. The van der Waals surface area contributed by atoms with Crippen molar-refractivity contribution in [1.29, 1.82) is 0 Å². The summed E-state index contributed by atoms with van der Waals surface area (Å²) in [4.78, 5) is 19.8. The van der Waals surface area contributed by atoms with Crippen molar-refractivity contribution in [2.75, 3.05) is 24.7 Å². The van der Waals surface area contributed by atoms with Crippen LogP contribution in [0.3, 0.4) is 0 Å². The van der Waals surface area contributed by atoms with E-state index in [0.29, 0.717) is 49.2 Å². The number of nitrogens with zero attached hydrogens (tertiary/aromatic N) is 2. The Morgan fingerprint density at radius 3 is 2.47 bits per heavy atom. The number of ketones is 1. The smallest absolute Gasteiger partial charge is 0.222 e. The Morgan fingerprint density at radius 1 is 1.07 bits per heavy atom. The van der Waals surface area contributed by atoms with Crippen molar-refractivity contribution in [3.8, 4) is 11.5 Å². The van der Waals surface area contributed by atoms with Gasteiger partial charge in [-0.3, -0.25) is 4.79 Å². The fourth-order valence-electron chi connectivity index (χ4n) is 4.11. The van der Waals surface area contributed by atoms with Gasteiger partial charge in [0.15, 0.2) is 11.6 Å². The van der Waals surface area contributed by atoms with Gasteiger partial charge in [-0.25, -0.2) is 4.98 Å². The Morgan fingerprint density at radius 2 is 1.77 bits per heavy atom. The molecule has 0 unspecified atom stereocenters. The fourth-order valence-corrected chi connectivity index (χ4v) is 4.11. The molecule has 0 atom stereocenters. The zero-order valence-corrected chi connectivity index (χ0v) is 17.9. The number of aromatic nitrogens is 2. The lowest BCUT2D eigenvalue weighted by molar-refractivity contribution is -0.121. The van der Waals surface area contributed by atoms with Crippen molar-refractivity contribution in [3.05, 3.63) is 35.5 Å². The average Bonchev–Trinajstić information content (AvgIpc) is 2.74. The maximum atomic E-state index is 11.6. The van der Waals surface area contributed by atoms with Crippen LogP contribution in [0.5, 0.6) is 11.5 Å². The summed E-state index contributed by atoms with van der Waals surface area (Å²) in [6.45, 7) is 4.67. The third kappa shape index (κ3) is 5.40. The van der Waals surface area contributed by atoms with Crippen LogP contribution in [0.2, 0.25) is 0 Å². The number of para-hydroxylation sites is 1. The second-order valence-corrected chi connectivity index (χ2v) is 7.84. The van der Waals surface area contributed by atoms with Gasteiger partial charge >= 0.3 is 0 Å². The number of Topliss-reactive ketones (excluding diaryl/α,β-unsaturated/α-hetero) is 1. The minimum Gasteiger partial charge on any atom is -0.493 e. The molecule has 2 aromatic rings. The normalized spacial score (nSPS) is 18.7. The molecule has 0 amide bonds. The van der Waals surface area contributed by atoms with E-state index in [1.165, 1.54) is 5.56 Å². The maximum absolute atomic E-state index is 11.6. The van der Waals surface area contributed by atoms with E-state index >= 15 is 0 Å². The van der Waals surface area contributed by atoms with Gasteiger partial charge in [-0.15, -0.1) is 0 Å². The van der Waals surface area contributed by atoms with Gasteiger partial charge in [-0.1, -0.05) is 25.1 Å². The summed E-state index contributed by atoms with van der Waals surface area (Å²) in [6, 6.07) is 8.22. The van der Waals surface area contributed by atoms with Crippen molar-refractivity contribution in [1.82, 2.24) is 9.97 Å². The quantitative estimate of drug-likeness (QED) is 0.600. The molecule has 0 spiro atoms. The topological polar surface area (TPSA) is 113 Å². The van der Waals surface area contributed by atoms with Gasteiger partial charge in [0, 0.05) is 12.3 Å². The van der Waals surface area contributed by atoms with E-state index in [4.69, 9.17) is 20.9 Å². The first kappa shape index (κ1) is 21.9. The number of nitrogen functional groups attached to an aromatic ring is 2. The second-order valence-electron chi connectivity index (χ2n) is 7.84. The SMILES string of the molecule is CCc1nc(N)nc(N)c1OCCCOc1ccccc1C1CCC(C(C)=O)CC1. The molecule has 1 aliphatic rings. The highest BCUT2D eigenvalue weighted by Gasteiger charge is 2.26. The van der Waals surface area contributed by atoms with Crippen LogP contribution in [0.1, 0.15) is 63.1 Å². The highest BCUT2D eigenvalue weighted by Crippen LogP contribution is 2.39. The first-order valence-corrected chi connectivity index (χ1v) is 10.8. The standard InChI is InChI=1S/C23H32N4O3/c1-3-19-21(22(24)27-23(25)26-19)30-14-6-13-29-20-8-5-4-7-18(20)17-11-9-16(10-12-17)15(2)28/h4-5,7-8,16-17H,3,6,9-14H2,1-2H3,(H4,24,25,26,27). The van der Waals surface area contributed by atoms with Crippen LogP contribution >= 0.6 is 0 Å². The highest BCUT2D eigenvalue weighted by molar-refractivity contribution is 5.78. The van der Waals surface area contributed by atoms with Gasteiger partial charge in [-0.05, 0) is 56.6 Å². The lowest BCUT2D eigenvalue weighted by atomic mass is 9.77. The summed E-state index contributed by atoms with van der Waals surface area (Å²) in [5.74, 6) is 2.86. The minimum atomic E-state index is 0.161. The maximum Gasteiger partial charge on any atom is 0.222 e. The molecule has 3 rings (SSSR count). The van der Waals surface area contributed by atoms with Gasteiger partial charge in [0.2, 0.25) is 5.95 Å². The molecule has 0 saturated heterocycles. The number of hydrogen-bond donors (Lipinski definition) is 2. The summed E-state index contributed by atoms with van der Waals surface area (Å²) in [5.41, 5.74) is 13.5. The zero-order chi connectivity index (χ0) is 21.5. The van der Waals surface area contributed by atoms with E-state index in [-0.39, 0.29) is 17.7 Å². The molecule has 1 heterocycles. The highest BCUT2D eigenvalue weighted by atomic mass is 16.5. The molecule has 1 aliphatic carbocycles. The minimum absolute atomic E-state index is 0.161. The summed E-state index contributed by atoms with van der Waals surface area (Å²) in [7, 11) is 0. The van der Waals surface area contributed by atoms with Crippen molar-refractivity contribution >= 4 is 17.5 Å². The number of carbonyl (C=O) groups is 1. The summed E-state index contributed by atoms with van der Waals surface area (Å²) in [5, 5.41) is 0. The molecule has 7 heteroatoms. The third-order valence-corrected chi connectivity index (χ3v) is 5.77. The Kier molecular flexibility index (Phi) is 7.49. The van der Waals surface area contributed by atoms with E-state index in [9.17, 15) is 4.79 Å². The van der Waals surface area contributed by atoms with Crippen LogP contribution in [-0.4, -0.2) is 29.0 Å². The predicted molar refractivity (Wildman–Crippen MR) is 118 cm³/mol. The van der Waals surface area contributed by atoms with Gasteiger partial charge in [0.05, 0.1) is 18.9 Å². The number of anilines is 2. The molecule has 162 valence electrons. The lowest BCUT2D eigenvalue weighted by Gasteiger charge is -2.28. The van der Waals surface area contributed by atoms with E-state index in [1.54, 1.807) is 6.92 Å². The molecule has 0 radical (unpaired) electrons. The third-order valence-electron chi connectivity index (χ3n) is 5.77. The van der Waals surface area contributed by atoms with Crippen molar-refractivity contribution in [2.45, 2.75) is 58.3 Å². The number of carbonyl (C=O) groups excluding carboxylic acids is 1. The first-order valence-electron chi connectivity index (χ1n) is 10.8. The molecule has 1 saturated carbocycles. The van der Waals surface area contributed by atoms with Gasteiger partial charge in [-0.2, -0.15) is 4.98 Å². The summed E-state index contributed by atoms with van der Waals surface area (Å²) < 4.78 is 11.9. The molecule has 30 heavy (non-hydrogen) atoms. The number of hydrogen-bond acceptors (Lipinski definition) is 7. The Bertz CT molecular complexity index is 864. The van der Waals surface area contributed by atoms with Gasteiger partial charge in [0.25, 0.3) is 0 Å². The molecule has 1 fully saturated rings. The van der Waals surface area contributed by atoms with Gasteiger partial charge < -0.3 is 20.9 Å². The van der Waals surface area contributed by atoms with E-state index in [0.717, 1.165) is 31.4 Å². The Balaban J connectivity index is 1.51. The number of rotatable bonds is 9. The Hall–Kier alpha value is -2.83. The van der Waals surface area contributed by atoms with E-state index < -0.39 is 0 Å². The molecular weight excluding hydrogens is 380 g/mol.